The maximum atomic E-state index is 6.06. The van der Waals surface area contributed by atoms with Crippen molar-refractivity contribution in [3.63, 3.8) is 0 Å². The molecule has 0 aromatic heterocycles. The number of anilines is 2. The zero-order valence-corrected chi connectivity index (χ0v) is 11.9. The Morgan fingerprint density at radius 1 is 1.28 bits per heavy atom. The van der Waals surface area contributed by atoms with E-state index in [0.717, 1.165) is 12.2 Å². The van der Waals surface area contributed by atoms with Gasteiger partial charge in [-0.25, -0.2) is 0 Å². The summed E-state index contributed by atoms with van der Waals surface area (Å²) in [6.07, 6.45) is 5.42. The number of nitrogen functional groups attached to an aromatic ring is 1. The lowest BCUT2D eigenvalue weighted by Gasteiger charge is -2.34. The summed E-state index contributed by atoms with van der Waals surface area (Å²) in [5.41, 5.74) is 9.56. The Hall–Kier alpha value is -1.18. The molecule has 0 heterocycles. The van der Waals surface area contributed by atoms with Gasteiger partial charge >= 0.3 is 0 Å². The summed E-state index contributed by atoms with van der Waals surface area (Å²) in [5.74, 6) is 0.687. The number of rotatable bonds is 4. The average molecular weight is 246 g/mol. The van der Waals surface area contributed by atoms with Crippen LogP contribution in [0, 0.1) is 12.8 Å². The second-order valence-corrected chi connectivity index (χ2v) is 5.98. The van der Waals surface area contributed by atoms with E-state index in [4.69, 9.17) is 5.73 Å². The molecule has 1 aromatic carbocycles. The number of nitrogens with zero attached hydrogens (tertiary/aromatic N) is 1. The second-order valence-electron chi connectivity index (χ2n) is 5.98. The van der Waals surface area contributed by atoms with Crippen molar-refractivity contribution in [3.05, 3.63) is 23.8 Å². The predicted octanol–water partition coefficient (Wildman–Crippen LogP) is 3.98. The first kappa shape index (κ1) is 13.3. The van der Waals surface area contributed by atoms with Gasteiger partial charge in [-0.05, 0) is 43.4 Å². The van der Waals surface area contributed by atoms with Crippen LogP contribution in [0.25, 0.3) is 0 Å². The first-order valence-electron chi connectivity index (χ1n) is 7.21. The largest absolute Gasteiger partial charge is 0.398 e. The third kappa shape index (κ3) is 2.80. The van der Waals surface area contributed by atoms with Gasteiger partial charge in [-0.1, -0.05) is 32.8 Å². The third-order valence-corrected chi connectivity index (χ3v) is 3.98. The Morgan fingerprint density at radius 3 is 2.56 bits per heavy atom. The SMILES string of the molecule is Cc1c(N)cccc1N(CC(C)C)C1CCCC1. The topological polar surface area (TPSA) is 29.3 Å². The molecule has 100 valence electrons. The van der Waals surface area contributed by atoms with Gasteiger partial charge in [-0.2, -0.15) is 0 Å². The first-order valence-corrected chi connectivity index (χ1v) is 7.21. The van der Waals surface area contributed by atoms with Gasteiger partial charge < -0.3 is 10.6 Å². The van der Waals surface area contributed by atoms with Crippen LogP contribution in [0.1, 0.15) is 45.1 Å². The lowest BCUT2D eigenvalue weighted by Crippen LogP contribution is -2.36. The molecular weight excluding hydrogens is 220 g/mol. The van der Waals surface area contributed by atoms with Crippen LogP contribution in [0.3, 0.4) is 0 Å². The minimum Gasteiger partial charge on any atom is -0.398 e. The quantitative estimate of drug-likeness (QED) is 0.814. The molecule has 18 heavy (non-hydrogen) atoms. The van der Waals surface area contributed by atoms with Crippen molar-refractivity contribution in [2.24, 2.45) is 5.92 Å². The Morgan fingerprint density at radius 2 is 1.94 bits per heavy atom. The molecule has 0 amide bonds. The molecule has 0 saturated heterocycles. The molecule has 1 aromatic rings. The van der Waals surface area contributed by atoms with Crippen molar-refractivity contribution in [1.82, 2.24) is 0 Å². The van der Waals surface area contributed by atoms with E-state index in [1.54, 1.807) is 0 Å². The first-order chi connectivity index (χ1) is 8.59. The van der Waals surface area contributed by atoms with Crippen molar-refractivity contribution in [1.29, 1.82) is 0 Å². The summed E-state index contributed by atoms with van der Waals surface area (Å²) in [6.45, 7) is 7.87. The molecule has 2 nitrogen and oxygen atoms in total. The molecule has 2 N–H and O–H groups in total. The van der Waals surface area contributed by atoms with E-state index in [1.165, 1.54) is 36.9 Å². The van der Waals surface area contributed by atoms with E-state index in [1.807, 2.05) is 6.07 Å². The minimum atomic E-state index is 0.687. The maximum absolute atomic E-state index is 6.06. The van der Waals surface area contributed by atoms with E-state index in [0.29, 0.717) is 12.0 Å². The van der Waals surface area contributed by atoms with Gasteiger partial charge in [0.2, 0.25) is 0 Å². The Balaban J connectivity index is 2.29. The number of nitrogens with two attached hydrogens (primary N) is 1. The van der Waals surface area contributed by atoms with Gasteiger partial charge in [-0.3, -0.25) is 0 Å². The molecule has 0 bridgehead atoms. The zero-order chi connectivity index (χ0) is 13.1. The Bertz CT molecular complexity index is 392. The van der Waals surface area contributed by atoms with Crippen LogP contribution in [0.4, 0.5) is 11.4 Å². The monoisotopic (exact) mass is 246 g/mol. The zero-order valence-electron chi connectivity index (χ0n) is 11.9. The lowest BCUT2D eigenvalue weighted by molar-refractivity contribution is 0.535. The Kier molecular flexibility index (Phi) is 4.15. The van der Waals surface area contributed by atoms with Crippen molar-refractivity contribution in [2.75, 3.05) is 17.2 Å². The van der Waals surface area contributed by atoms with Crippen LogP contribution in [0.2, 0.25) is 0 Å². The van der Waals surface area contributed by atoms with E-state index in [2.05, 4.69) is 37.8 Å². The molecule has 1 saturated carbocycles. The second kappa shape index (κ2) is 5.64. The summed E-state index contributed by atoms with van der Waals surface area (Å²) in [5, 5.41) is 0. The average Bonchev–Trinajstić information content (AvgIpc) is 2.83. The highest BCUT2D eigenvalue weighted by molar-refractivity contribution is 5.64. The fourth-order valence-corrected chi connectivity index (χ4v) is 3.01. The summed E-state index contributed by atoms with van der Waals surface area (Å²) >= 11 is 0. The van der Waals surface area contributed by atoms with Crippen molar-refractivity contribution in [2.45, 2.75) is 52.5 Å². The van der Waals surface area contributed by atoms with Gasteiger partial charge in [0.05, 0.1) is 0 Å². The van der Waals surface area contributed by atoms with Crippen molar-refractivity contribution in [3.8, 4) is 0 Å². The number of benzene rings is 1. The van der Waals surface area contributed by atoms with E-state index >= 15 is 0 Å². The van der Waals surface area contributed by atoms with E-state index in [-0.39, 0.29) is 0 Å². The normalized spacial score (nSPS) is 16.4. The molecule has 0 unspecified atom stereocenters. The molecule has 0 radical (unpaired) electrons. The molecule has 2 rings (SSSR count). The molecule has 0 atom stereocenters. The van der Waals surface area contributed by atoms with Gasteiger partial charge in [0.1, 0.15) is 0 Å². The highest BCUT2D eigenvalue weighted by atomic mass is 15.2. The fraction of sp³-hybridized carbons (Fsp3) is 0.625. The molecular formula is C16H26N2. The highest BCUT2D eigenvalue weighted by Crippen LogP contribution is 2.32. The maximum Gasteiger partial charge on any atom is 0.0419 e. The molecule has 1 fully saturated rings. The van der Waals surface area contributed by atoms with Gasteiger partial charge in [0.15, 0.2) is 0 Å². The van der Waals surface area contributed by atoms with Crippen LogP contribution < -0.4 is 10.6 Å². The summed E-state index contributed by atoms with van der Waals surface area (Å²) < 4.78 is 0. The number of hydrogen-bond acceptors (Lipinski definition) is 2. The summed E-state index contributed by atoms with van der Waals surface area (Å²) in [6, 6.07) is 7.03. The third-order valence-electron chi connectivity index (χ3n) is 3.98. The van der Waals surface area contributed by atoms with Gasteiger partial charge in [-0.15, -0.1) is 0 Å². The molecule has 0 spiro atoms. The molecule has 1 aliphatic carbocycles. The Labute approximate surface area is 111 Å². The van der Waals surface area contributed by atoms with Crippen LogP contribution in [-0.2, 0) is 0 Å². The molecule has 1 aliphatic rings. The van der Waals surface area contributed by atoms with Crippen LogP contribution >= 0.6 is 0 Å². The van der Waals surface area contributed by atoms with Crippen molar-refractivity contribution < 1.29 is 0 Å². The molecule has 0 aliphatic heterocycles. The molecule has 2 heteroatoms. The van der Waals surface area contributed by atoms with Gasteiger partial charge in [0.25, 0.3) is 0 Å². The highest BCUT2D eigenvalue weighted by Gasteiger charge is 2.24. The standard InChI is InChI=1S/C16H26N2/c1-12(2)11-18(14-7-4-5-8-14)16-10-6-9-15(17)13(16)3/h6,9-10,12,14H,4-5,7-8,11,17H2,1-3H3. The van der Waals surface area contributed by atoms with Crippen LogP contribution in [0.15, 0.2) is 18.2 Å². The summed E-state index contributed by atoms with van der Waals surface area (Å²) in [7, 11) is 0. The summed E-state index contributed by atoms with van der Waals surface area (Å²) in [4.78, 5) is 2.60. The van der Waals surface area contributed by atoms with Crippen LogP contribution in [-0.4, -0.2) is 12.6 Å². The number of hydrogen-bond donors (Lipinski definition) is 1. The fourth-order valence-electron chi connectivity index (χ4n) is 3.01. The predicted molar refractivity (Wildman–Crippen MR) is 80.0 cm³/mol. The van der Waals surface area contributed by atoms with Crippen LogP contribution in [0.5, 0.6) is 0 Å². The minimum absolute atomic E-state index is 0.687. The van der Waals surface area contributed by atoms with Gasteiger partial charge in [0, 0.05) is 24.0 Å². The van der Waals surface area contributed by atoms with E-state index in [9.17, 15) is 0 Å². The lowest BCUT2D eigenvalue weighted by atomic mass is 10.1. The van der Waals surface area contributed by atoms with Crippen molar-refractivity contribution >= 4 is 11.4 Å². The van der Waals surface area contributed by atoms with E-state index < -0.39 is 0 Å². The smallest absolute Gasteiger partial charge is 0.0419 e.